The summed E-state index contributed by atoms with van der Waals surface area (Å²) in [4.78, 5) is 18.4. The number of fused-ring (bicyclic) bond motifs is 1. The van der Waals surface area contributed by atoms with Crippen molar-refractivity contribution in [2.75, 3.05) is 27.0 Å². The van der Waals surface area contributed by atoms with Crippen molar-refractivity contribution < 1.29 is 33.6 Å². The van der Waals surface area contributed by atoms with Crippen molar-refractivity contribution in [2.45, 2.75) is 19.4 Å². The van der Waals surface area contributed by atoms with Crippen molar-refractivity contribution in [1.29, 1.82) is 0 Å². The Kier molecular flexibility index (Phi) is 8.80. The fraction of sp³-hybridized carbons (Fsp3) is 0.259. The molecule has 0 aliphatic carbocycles. The summed E-state index contributed by atoms with van der Waals surface area (Å²) in [5.74, 6) is 2.48. The molecule has 1 heterocycles. The lowest BCUT2D eigenvalue weighted by atomic mass is 9.88. The molecule has 9 heteroatoms. The monoisotopic (exact) mass is 511 g/mol. The van der Waals surface area contributed by atoms with E-state index in [1.54, 1.807) is 19.2 Å². The van der Waals surface area contributed by atoms with E-state index >= 15 is 0 Å². The predicted molar refractivity (Wildman–Crippen MR) is 139 cm³/mol. The van der Waals surface area contributed by atoms with Crippen LogP contribution < -0.4 is 24.1 Å². The molecule has 0 saturated carbocycles. The first-order valence-corrected chi connectivity index (χ1v) is 12.8. The van der Waals surface area contributed by atoms with Crippen molar-refractivity contribution in [1.82, 2.24) is 5.32 Å². The van der Waals surface area contributed by atoms with Crippen LogP contribution in [0, 0.1) is 0 Å². The minimum Gasteiger partial charge on any atom is -0.491 e. The summed E-state index contributed by atoms with van der Waals surface area (Å²) in [6, 6.07) is 20.9. The van der Waals surface area contributed by atoms with Crippen LogP contribution in [-0.4, -0.2) is 48.0 Å². The summed E-state index contributed by atoms with van der Waals surface area (Å²) in [7, 11) is -0.708. The highest BCUT2D eigenvalue weighted by Gasteiger charge is 2.18. The fourth-order valence-corrected chi connectivity index (χ4v) is 4.42. The summed E-state index contributed by atoms with van der Waals surface area (Å²) >= 11 is 0. The van der Waals surface area contributed by atoms with E-state index in [-0.39, 0.29) is 13.4 Å². The van der Waals surface area contributed by atoms with Gasteiger partial charge in [-0.15, -0.1) is 0 Å². The zero-order chi connectivity index (χ0) is 25.5. The average molecular weight is 512 g/mol. The standard InChI is InChI=1S/C27H30NO7P/c1-3-24(20-8-13-25-26(14-20)34-17-33-25)27(19-6-11-23(12-7-19)35-36(30)31)18-4-9-22(10-5-18)32-16-21(29)15-28-2/h4-14,21,28-31H,3,15-17H2,1-2H3/b27-24+. The quantitative estimate of drug-likeness (QED) is 0.223. The van der Waals surface area contributed by atoms with Crippen LogP contribution >= 0.6 is 8.60 Å². The molecule has 0 amide bonds. The van der Waals surface area contributed by atoms with E-state index in [2.05, 4.69) is 12.2 Å². The van der Waals surface area contributed by atoms with E-state index in [0.717, 1.165) is 40.0 Å². The molecule has 190 valence electrons. The largest absolute Gasteiger partial charge is 0.491 e. The molecule has 3 aromatic rings. The molecule has 4 rings (SSSR count). The molecular weight excluding hydrogens is 481 g/mol. The molecule has 1 aliphatic rings. The molecule has 0 spiro atoms. The Balaban J connectivity index is 1.73. The van der Waals surface area contributed by atoms with Gasteiger partial charge in [-0.05, 0) is 77.7 Å². The predicted octanol–water partition coefficient (Wildman–Crippen LogP) is 4.33. The van der Waals surface area contributed by atoms with E-state index in [4.69, 9.17) is 18.7 Å². The number of hydrogen-bond donors (Lipinski definition) is 4. The van der Waals surface area contributed by atoms with Crippen LogP contribution in [0.15, 0.2) is 66.7 Å². The van der Waals surface area contributed by atoms with Crippen LogP contribution in [0.1, 0.15) is 30.0 Å². The van der Waals surface area contributed by atoms with Gasteiger partial charge >= 0.3 is 8.60 Å². The Morgan fingerprint density at radius 3 is 2.14 bits per heavy atom. The lowest BCUT2D eigenvalue weighted by Gasteiger charge is -2.18. The van der Waals surface area contributed by atoms with Crippen LogP contribution in [-0.2, 0) is 0 Å². The van der Waals surface area contributed by atoms with Gasteiger partial charge in [0.1, 0.15) is 24.2 Å². The first-order chi connectivity index (χ1) is 17.5. The highest BCUT2D eigenvalue weighted by Crippen LogP contribution is 2.40. The minimum absolute atomic E-state index is 0.194. The van der Waals surface area contributed by atoms with Gasteiger partial charge in [0.25, 0.3) is 0 Å². The van der Waals surface area contributed by atoms with E-state index in [1.807, 2.05) is 54.6 Å². The van der Waals surface area contributed by atoms with Crippen LogP contribution in [0.4, 0.5) is 0 Å². The summed E-state index contributed by atoms with van der Waals surface area (Å²) in [5.41, 5.74) is 5.05. The Hall–Kier alpha value is -3.13. The Morgan fingerprint density at radius 2 is 1.53 bits per heavy atom. The summed E-state index contributed by atoms with van der Waals surface area (Å²) in [6.07, 6.45) is 0.155. The van der Waals surface area contributed by atoms with Crippen LogP contribution in [0.25, 0.3) is 11.1 Å². The third-order valence-corrected chi connectivity index (χ3v) is 6.11. The molecule has 8 nitrogen and oxygen atoms in total. The second-order valence-electron chi connectivity index (χ2n) is 8.19. The second-order valence-corrected chi connectivity index (χ2v) is 8.88. The van der Waals surface area contributed by atoms with E-state index in [1.165, 1.54) is 0 Å². The number of ether oxygens (including phenoxy) is 3. The molecule has 0 bridgehead atoms. The van der Waals surface area contributed by atoms with Gasteiger partial charge < -0.3 is 38.9 Å². The van der Waals surface area contributed by atoms with Crippen molar-refractivity contribution >= 4 is 19.7 Å². The molecule has 36 heavy (non-hydrogen) atoms. The zero-order valence-electron chi connectivity index (χ0n) is 20.2. The van der Waals surface area contributed by atoms with Gasteiger partial charge in [-0.1, -0.05) is 37.3 Å². The summed E-state index contributed by atoms with van der Waals surface area (Å²) in [5, 5.41) is 12.8. The number of aliphatic hydroxyl groups excluding tert-OH is 1. The fourth-order valence-electron chi connectivity index (χ4n) is 4.11. The molecule has 3 aromatic carbocycles. The number of benzene rings is 3. The van der Waals surface area contributed by atoms with E-state index < -0.39 is 14.7 Å². The number of hydrogen-bond acceptors (Lipinski definition) is 8. The summed E-state index contributed by atoms with van der Waals surface area (Å²) in [6.45, 7) is 2.96. The third kappa shape index (κ3) is 6.35. The molecular formula is C27H30NO7P. The zero-order valence-corrected chi connectivity index (χ0v) is 21.1. The highest BCUT2D eigenvalue weighted by molar-refractivity contribution is 7.39. The number of rotatable bonds is 11. The molecule has 4 N–H and O–H groups in total. The lowest BCUT2D eigenvalue weighted by Crippen LogP contribution is -2.29. The van der Waals surface area contributed by atoms with Gasteiger partial charge in [-0.2, -0.15) is 0 Å². The Bertz CT molecular complexity index is 1180. The van der Waals surface area contributed by atoms with Crippen LogP contribution in [0.2, 0.25) is 0 Å². The molecule has 0 fully saturated rings. The van der Waals surface area contributed by atoms with Gasteiger partial charge in [0.15, 0.2) is 11.5 Å². The number of nitrogens with one attached hydrogen (secondary N) is 1. The van der Waals surface area contributed by atoms with Crippen molar-refractivity contribution in [3.05, 3.63) is 83.4 Å². The highest BCUT2D eigenvalue weighted by atomic mass is 31.2. The van der Waals surface area contributed by atoms with Gasteiger partial charge in [-0.3, -0.25) is 0 Å². The third-order valence-electron chi connectivity index (χ3n) is 5.73. The Labute approximate surface area is 211 Å². The van der Waals surface area contributed by atoms with Crippen molar-refractivity contribution in [3.8, 4) is 23.0 Å². The second kappa shape index (κ2) is 12.2. The topological polar surface area (TPSA) is 110 Å². The first kappa shape index (κ1) is 25.9. The smallest absolute Gasteiger partial charge is 0.391 e. The number of allylic oxidation sites excluding steroid dienone is 1. The van der Waals surface area contributed by atoms with Crippen LogP contribution in [0.5, 0.6) is 23.0 Å². The first-order valence-electron chi connectivity index (χ1n) is 11.6. The number of aliphatic hydroxyl groups is 1. The molecule has 1 atom stereocenters. The van der Waals surface area contributed by atoms with Gasteiger partial charge in [0.05, 0.1) is 0 Å². The lowest BCUT2D eigenvalue weighted by molar-refractivity contribution is 0.108. The molecule has 0 aromatic heterocycles. The van der Waals surface area contributed by atoms with E-state index in [9.17, 15) is 14.9 Å². The van der Waals surface area contributed by atoms with E-state index in [0.29, 0.717) is 23.8 Å². The molecule has 0 saturated heterocycles. The van der Waals surface area contributed by atoms with Gasteiger partial charge in [0.2, 0.25) is 6.79 Å². The van der Waals surface area contributed by atoms with Gasteiger partial charge in [0, 0.05) is 6.54 Å². The van der Waals surface area contributed by atoms with Gasteiger partial charge in [-0.25, -0.2) is 0 Å². The maximum atomic E-state index is 9.92. The molecule has 1 aliphatic heterocycles. The Morgan fingerprint density at radius 1 is 0.917 bits per heavy atom. The maximum Gasteiger partial charge on any atom is 0.391 e. The molecule has 1 unspecified atom stereocenters. The number of likely N-dealkylation sites (N-methyl/N-ethyl adjacent to an activating group) is 1. The maximum absolute atomic E-state index is 9.92. The van der Waals surface area contributed by atoms with Crippen LogP contribution in [0.3, 0.4) is 0 Å². The molecule has 0 radical (unpaired) electrons. The average Bonchev–Trinajstić information content (AvgIpc) is 3.35. The van der Waals surface area contributed by atoms with Crippen molar-refractivity contribution in [3.63, 3.8) is 0 Å². The SMILES string of the molecule is CC/C(=C(/c1ccc(OCC(O)CNC)cc1)c1ccc(OP(O)O)cc1)c1ccc2c(c1)OCO2. The minimum atomic E-state index is -2.49. The normalized spacial score (nSPS) is 13.9. The summed E-state index contributed by atoms with van der Waals surface area (Å²) < 4.78 is 21.9. The van der Waals surface area contributed by atoms with Crippen molar-refractivity contribution in [2.24, 2.45) is 0 Å².